The molecule has 1 aliphatic carbocycles. The van der Waals surface area contributed by atoms with E-state index in [9.17, 15) is 5.11 Å². The van der Waals surface area contributed by atoms with Crippen molar-refractivity contribution in [3.05, 3.63) is 0 Å². The lowest BCUT2D eigenvalue weighted by molar-refractivity contribution is 0.0904. The summed E-state index contributed by atoms with van der Waals surface area (Å²) in [5.74, 6) is 0. The van der Waals surface area contributed by atoms with Crippen molar-refractivity contribution in [3.63, 3.8) is 0 Å². The Kier molecular flexibility index (Phi) is 5.07. The van der Waals surface area contributed by atoms with Crippen molar-refractivity contribution in [2.24, 2.45) is 0 Å². The molecule has 2 aliphatic rings. The monoisotopic (exact) mass is 226 g/mol. The molecule has 0 aromatic carbocycles. The average molecular weight is 226 g/mol. The lowest BCUT2D eigenvalue weighted by atomic mass is 10.0. The van der Waals surface area contributed by atoms with Crippen LogP contribution in [0.5, 0.6) is 0 Å². The third kappa shape index (κ3) is 3.44. The van der Waals surface area contributed by atoms with Gasteiger partial charge in [0.05, 0.1) is 6.61 Å². The molecule has 0 bridgehead atoms. The van der Waals surface area contributed by atoms with Gasteiger partial charge in [0.2, 0.25) is 0 Å². The van der Waals surface area contributed by atoms with E-state index in [0.717, 1.165) is 19.1 Å². The first kappa shape index (κ1) is 12.3. The van der Waals surface area contributed by atoms with E-state index in [1.54, 1.807) is 0 Å². The summed E-state index contributed by atoms with van der Waals surface area (Å²) in [7, 11) is 0. The van der Waals surface area contributed by atoms with Crippen molar-refractivity contribution in [3.8, 4) is 0 Å². The average Bonchev–Trinajstić information content (AvgIpc) is 2.83. The van der Waals surface area contributed by atoms with E-state index in [0.29, 0.717) is 12.6 Å². The minimum atomic E-state index is 0.337. The highest BCUT2D eigenvalue weighted by Crippen LogP contribution is 2.18. The molecule has 94 valence electrons. The zero-order valence-electron chi connectivity index (χ0n) is 10.3. The minimum Gasteiger partial charge on any atom is -0.395 e. The minimum absolute atomic E-state index is 0.337. The molecular formula is C13H26N2O. The first-order chi connectivity index (χ1) is 7.90. The molecule has 1 saturated carbocycles. The van der Waals surface area contributed by atoms with Crippen molar-refractivity contribution >= 4 is 0 Å². The lowest BCUT2D eigenvalue weighted by Crippen LogP contribution is -2.45. The largest absolute Gasteiger partial charge is 0.395 e. The van der Waals surface area contributed by atoms with Crippen LogP contribution in [0, 0.1) is 0 Å². The van der Waals surface area contributed by atoms with Gasteiger partial charge < -0.3 is 10.4 Å². The van der Waals surface area contributed by atoms with E-state index in [-0.39, 0.29) is 0 Å². The molecule has 3 heteroatoms. The lowest BCUT2D eigenvalue weighted by Gasteiger charge is -2.34. The Morgan fingerprint density at radius 1 is 1.06 bits per heavy atom. The van der Waals surface area contributed by atoms with E-state index < -0.39 is 0 Å². The Balaban J connectivity index is 1.63. The molecule has 0 unspecified atom stereocenters. The maximum atomic E-state index is 9.31. The van der Waals surface area contributed by atoms with Crippen LogP contribution in [-0.2, 0) is 0 Å². The zero-order valence-corrected chi connectivity index (χ0v) is 10.3. The van der Waals surface area contributed by atoms with Gasteiger partial charge in [0, 0.05) is 25.2 Å². The standard InChI is InChI=1S/C13H26N2O/c16-11-13-7-3-4-9-15(13)10-8-14-12-5-1-2-6-12/h12-14,16H,1-11H2/t13-/m0/s1. The summed E-state index contributed by atoms with van der Waals surface area (Å²) in [5, 5.41) is 13.0. The van der Waals surface area contributed by atoms with Gasteiger partial charge in [0.25, 0.3) is 0 Å². The number of hydrogen-bond acceptors (Lipinski definition) is 3. The van der Waals surface area contributed by atoms with E-state index in [2.05, 4.69) is 10.2 Å². The third-order valence-electron chi connectivity index (χ3n) is 4.15. The normalized spacial score (nSPS) is 28.7. The number of aliphatic hydroxyl groups excluding tert-OH is 1. The van der Waals surface area contributed by atoms with Gasteiger partial charge in [-0.3, -0.25) is 4.90 Å². The molecule has 1 aliphatic heterocycles. The molecule has 3 nitrogen and oxygen atoms in total. The van der Waals surface area contributed by atoms with Gasteiger partial charge in [-0.15, -0.1) is 0 Å². The summed E-state index contributed by atoms with van der Waals surface area (Å²) < 4.78 is 0. The predicted octanol–water partition coefficient (Wildman–Crippen LogP) is 1.37. The van der Waals surface area contributed by atoms with E-state index in [1.807, 2.05) is 0 Å². The first-order valence-corrected chi connectivity index (χ1v) is 6.98. The summed E-state index contributed by atoms with van der Waals surface area (Å²) in [6, 6.07) is 1.21. The Hall–Kier alpha value is -0.120. The molecule has 2 N–H and O–H groups in total. The number of nitrogens with one attached hydrogen (secondary N) is 1. The molecule has 2 fully saturated rings. The third-order valence-corrected chi connectivity index (χ3v) is 4.15. The summed E-state index contributed by atoms with van der Waals surface area (Å²) in [4.78, 5) is 2.46. The van der Waals surface area contributed by atoms with Crippen molar-refractivity contribution < 1.29 is 5.11 Å². The highest BCUT2D eigenvalue weighted by molar-refractivity contribution is 4.78. The van der Waals surface area contributed by atoms with Crippen LogP contribution in [0.1, 0.15) is 44.9 Å². The maximum Gasteiger partial charge on any atom is 0.0586 e. The van der Waals surface area contributed by atoms with Crippen LogP contribution in [0.3, 0.4) is 0 Å². The molecular weight excluding hydrogens is 200 g/mol. The molecule has 1 atom stereocenters. The maximum absolute atomic E-state index is 9.31. The van der Waals surface area contributed by atoms with Gasteiger partial charge in [0.1, 0.15) is 0 Å². The molecule has 0 aromatic heterocycles. The quantitative estimate of drug-likeness (QED) is 0.743. The van der Waals surface area contributed by atoms with Crippen LogP contribution >= 0.6 is 0 Å². The number of rotatable bonds is 5. The Bertz CT molecular complexity index is 192. The number of likely N-dealkylation sites (tertiary alicyclic amines) is 1. The van der Waals surface area contributed by atoms with Crippen molar-refractivity contribution in [1.29, 1.82) is 0 Å². The zero-order chi connectivity index (χ0) is 11.2. The predicted molar refractivity (Wildman–Crippen MR) is 66.6 cm³/mol. The second-order valence-electron chi connectivity index (χ2n) is 5.30. The van der Waals surface area contributed by atoms with Gasteiger partial charge >= 0.3 is 0 Å². The van der Waals surface area contributed by atoms with Crippen molar-refractivity contribution in [2.75, 3.05) is 26.2 Å². The highest BCUT2D eigenvalue weighted by atomic mass is 16.3. The van der Waals surface area contributed by atoms with E-state index in [1.165, 1.54) is 51.5 Å². The summed E-state index contributed by atoms with van der Waals surface area (Å²) >= 11 is 0. The van der Waals surface area contributed by atoms with Gasteiger partial charge in [-0.2, -0.15) is 0 Å². The second-order valence-corrected chi connectivity index (χ2v) is 5.30. The SMILES string of the molecule is OC[C@@H]1CCCCN1CCNC1CCCC1. The van der Waals surface area contributed by atoms with Crippen LogP contribution in [-0.4, -0.2) is 48.3 Å². The molecule has 2 rings (SSSR count). The van der Waals surface area contributed by atoms with Gasteiger partial charge in [-0.25, -0.2) is 0 Å². The van der Waals surface area contributed by atoms with Crippen LogP contribution in [0.2, 0.25) is 0 Å². The number of nitrogens with zero attached hydrogens (tertiary/aromatic N) is 1. The van der Waals surface area contributed by atoms with Gasteiger partial charge in [0.15, 0.2) is 0 Å². The van der Waals surface area contributed by atoms with Crippen LogP contribution in [0.25, 0.3) is 0 Å². The molecule has 1 heterocycles. The Morgan fingerprint density at radius 2 is 1.81 bits per heavy atom. The highest BCUT2D eigenvalue weighted by Gasteiger charge is 2.21. The molecule has 0 radical (unpaired) electrons. The smallest absolute Gasteiger partial charge is 0.0586 e. The summed E-state index contributed by atoms with van der Waals surface area (Å²) in [5.41, 5.74) is 0. The fraction of sp³-hybridized carbons (Fsp3) is 1.00. The van der Waals surface area contributed by atoms with Crippen molar-refractivity contribution in [1.82, 2.24) is 10.2 Å². The fourth-order valence-corrected chi connectivity index (χ4v) is 3.10. The van der Waals surface area contributed by atoms with Crippen LogP contribution in [0.4, 0.5) is 0 Å². The summed E-state index contributed by atoms with van der Waals surface area (Å²) in [6.45, 7) is 3.73. The Labute approximate surface area is 99.2 Å². The Morgan fingerprint density at radius 3 is 2.56 bits per heavy atom. The van der Waals surface area contributed by atoms with E-state index >= 15 is 0 Å². The second kappa shape index (κ2) is 6.58. The van der Waals surface area contributed by atoms with Crippen LogP contribution < -0.4 is 5.32 Å². The molecule has 16 heavy (non-hydrogen) atoms. The molecule has 1 saturated heterocycles. The molecule has 0 spiro atoms. The van der Waals surface area contributed by atoms with E-state index in [4.69, 9.17) is 0 Å². The van der Waals surface area contributed by atoms with Crippen LogP contribution in [0.15, 0.2) is 0 Å². The molecule has 0 amide bonds. The van der Waals surface area contributed by atoms with Crippen molar-refractivity contribution in [2.45, 2.75) is 57.0 Å². The topological polar surface area (TPSA) is 35.5 Å². The number of aliphatic hydroxyl groups is 1. The van der Waals surface area contributed by atoms with Gasteiger partial charge in [-0.1, -0.05) is 19.3 Å². The number of hydrogen-bond donors (Lipinski definition) is 2. The fourth-order valence-electron chi connectivity index (χ4n) is 3.10. The number of piperidine rings is 1. The molecule has 0 aromatic rings. The summed E-state index contributed by atoms with van der Waals surface area (Å²) in [6.07, 6.45) is 9.31. The first-order valence-electron chi connectivity index (χ1n) is 6.98. The van der Waals surface area contributed by atoms with Gasteiger partial charge in [-0.05, 0) is 32.2 Å².